The average molecular weight is 196 g/mol. The van der Waals surface area contributed by atoms with Crippen molar-refractivity contribution in [1.82, 2.24) is 9.80 Å². The number of rotatable bonds is 3. The fourth-order valence-electron chi connectivity index (χ4n) is 2.57. The van der Waals surface area contributed by atoms with Gasteiger partial charge in [-0.15, -0.1) is 0 Å². The molecule has 1 amide bonds. The molecule has 0 spiro atoms. The number of carbonyl (C=O) groups excluding carboxylic acids is 1. The maximum atomic E-state index is 10.5. The summed E-state index contributed by atoms with van der Waals surface area (Å²) in [6.45, 7) is 5.82. The molecule has 2 heterocycles. The van der Waals surface area contributed by atoms with Crippen LogP contribution in [0.3, 0.4) is 0 Å². The summed E-state index contributed by atoms with van der Waals surface area (Å²) in [7, 11) is 0. The summed E-state index contributed by atoms with van der Waals surface area (Å²) in [5.74, 6) is 0.837. The van der Waals surface area contributed by atoms with Crippen LogP contribution < -0.4 is 0 Å². The van der Waals surface area contributed by atoms with Crippen molar-refractivity contribution < 1.29 is 4.79 Å². The predicted octanol–water partition coefficient (Wildman–Crippen LogP) is 0.951. The SMILES string of the molecule is O=CN1CCC(CN2CCCC2)CC1. The molecular formula is C11H20N2O. The Morgan fingerprint density at radius 2 is 1.71 bits per heavy atom. The smallest absolute Gasteiger partial charge is 0.209 e. The largest absolute Gasteiger partial charge is 0.345 e. The van der Waals surface area contributed by atoms with Crippen molar-refractivity contribution in [1.29, 1.82) is 0 Å². The van der Waals surface area contributed by atoms with Gasteiger partial charge in [-0.05, 0) is 44.7 Å². The van der Waals surface area contributed by atoms with E-state index in [1.54, 1.807) is 0 Å². The molecule has 2 rings (SSSR count). The second-order valence-corrected chi connectivity index (χ2v) is 4.59. The molecule has 0 N–H and O–H groups in total. The second-order valence-electron chi connectivity index (χ2n) is 4.59. The van der Waals surface area contributed by atoms with E-state index in [2.05, 4.69) is 4.90 Å². The Bertz CT molecular complexity index is 182. The first-order valence-corrected chi connectivity index (χ1v) is 5.80. The summed E-state index contributed by atoms with van der Waals surface area (Å²) >= 11 is 0. The quantitative estimate of drug-likeness (QED) is 0.627. The van der Waals surface area contributed by atoms with Crippen LogP contribution in [-0.2, 0) is 4.79 Å². The van der Waals surface area contributed by atoms with Crippen molar-refractivity contribution in [2.45, 2.75) is 25.7 Å². The molecule has 2 fully saturated rings. The van der Waals surface area contributed by atoms with Gasteiger partial charge >= 0.3 is 0 Å². The van der Waals surface area contributed by atoms with Gasteiger partial charge in [-0.25, -0.2) is 0 Å². The van der Waals surface area contributed by atoms with Crippen LogP contribution in [0.1, 0.15) is 25.7 Å². The molecule has 0 aromatic heterocycles. The van der Waals surface area contributed by atoms with Crippen LogP contribution in [0.4, 0.5) is 0 Å². The van der Waals surface area contributed by atoms with Crippen molar-refractivity contribution in [2.24, 2.45) is 5.92 Å². The highest BCUT2D eigenvalue weighted by molar-refractivity contribution is 5.47. The van der Waals surface area contributed by atoms with Crippen LogP contribution in [-0.4, -0.2) is 48.9 Å². The molecule has 0 atom stereocenters. The highest BCUT2D eigenvalue weighted by Gasteiger charge is 2.21. The second kappa shape index (κ2) is 4.78. The van der Waals surface area contributed by atoms with E-state index < -0.39 is 0 Å². The molecule has 0 aromatic carbocycles. The van der Waals surface area contributed by atoms with Gasteiger partial charge in [-0.2, -0.15) is 0 Å². The third kappa shape index (κ3) is 2.47. The van der Waals surface area contributed by atoms with Gasteiger partial charge in [0.15, 0.2) is 0 Å². The lowest BCUT2D eigenvalue weighted by Gasteiger charge is -2.31. The molecule has 0 unspecified atom stereocenters. The zero-order valence-corrected chi connectivity index (χ0v) is 8.82. The highest BCUT2D eigenvalue weighted by Crippen LogP contribution is 2.19. The number of likely N-dealkylation sites (tertiary alicyclic amines) is 2. The molecule has 0 aliphatic carbocycles. The first-order valence-electron chi connectivity index (χ1n) is 5.80. The third-order valence-electron chi connectivity index (χ3n) is 3.51. The molecule has 14 heavy (non-hydrogen) atoms. The van der Waals surface area contributed by atoms with Gasteiger partial charge in [-0.3, -0.25) is 4.79 Å². The molecule has 3 heteroatoms. The summed E-state index contributed by atoms with van der Waals surface area (Å²) in [6, 6.07) is 0. The lowest BCUT2D eigenvalue weighted by Crippen LogP contribution is -2.37. The van der Waals surface area contributed by atoms with E-state index in [1.165, 1.54) is 45.3 Å². The minimum Gasteiger partial charge on any atom is -0.345 e. The van der Waals surface area contributed by atoms with Gasteiger partial charge in [0.05, 0.1) is 0 Å². The molecule has 0 bridgehead atoms. The standard InChI is InChI=1S/C11H20N2O/c14-10-13-7-3-11(4-8-13)9-12-5-1-2-6-12/h10-11H,1-9H2. The highest BCUT2D eigenvalue weighted by atomic mass is 16.1. The van der Waals surface area contributed by atoms with E-state index in [4.69, 9.17) is 0 Å². The first-order chi connectivity index (χ1) is 6.88. The molecule has 80 valence electrons. The molecule has 0 aromatic rings. The zero-order valence-electron chi connectivity index (χ0n) is 8.82. The Kier molecular flexibility index (Phi) is 3.40. The number of carbonyl (C=O) groups is 1. The van der Waals surface area contributed by atoms with Gasteiger partial charge < -0.3 is 9.80 Å². The van der Waals surface area contributed by atoms with Gasteiger partial charge in [0.1, 0.15) is 0 Å². The Hall–Kier alpha value is -0.570. The molecule has 3 nitrogen and oxygen atoms in total. The van der Waals surface area contributed by atoms with E-state index in [-0.39, 0.29) is 0 Å². The van der Waals surface area contributed by atoms with E-state index in [0.29, 0.717) is 0 Å². The van der Waals surface area contributed by atoms with Crippen LogP contribution in [0.25, 0.3) is 0 Å². The number of nitrogens with zero attached hydrogens (tertiary/aromatic N) is 2. The number of hydrogen-bond donors (Lipinski definition) is 0. The third-order valence-corrected chi connectivity index (χ3v) is 3.51. The number of piperidine rings is 1. The van der Waals surface area contributed by atoms with Crippen molar-refractivity contribution in [3.8, 4) is 0 Å². The number of amides is 1. The summed E-state index contributed by atoms with van der Waals surface area (Å²) < 4.78 is 0. The normalized spacial score (nSPS) is 25.6. The Balaban J connectivity index is 1.69. The van der Waals surface area contributed by atoms with E-state index in [9.17, 15) is 4.79 Å². The Labute approximate surface area is 86.1 Å². The van der Waals surface area contributed by atoms with E-state index >= 15 is 0 Å². The molecule has 2 aliphatic heterocycles. The van der Waals surface area contributed by atoms with Crippen LogP contribution in [0, 0.1) is 5.92 Å². The molecule has 0 radical (unpaired) electrons. The van der Waals surface area contributed by atoms with Crippen LogP contribution in [0.5, 0.6) is 0 Å². The monoisotopic (exact) mass is 196 g/mol. The molecule has 2 aliphatic rings. The average Bonchev–Trinajstić information content (AvgIpc) is 2.72. The van der Waals surface area contributed by atoms with Crippen molar-refractivity contribution in [3.63, 3.8) is 0 Å². The van der Waals surface area contributed by atoms with Crippen LogP contribution >= 0.6 is 0 Å². The Morgan fingerprint density at radius 1 is 1.07 bits per heavy atom. The summed E-state index contributed by atoms with van der Waals surface area (Å²) in [5.41, 5.74) is 0. The predicted molar refractivity (Wildman–Crippen MR) is 56.0 cm³/mol. The minimum absolute atomic E-state index is 0.837. The number of hydrogen-bond acceptors (Lipinski definition) is 2. The van der Waals surface area contributed by atoms with Gasteiger partial charge in [0, 0.05) is 19.6 Å². The first kappa shape index (κ1) is 9.97. The van der Waals surface area contributed by atoms with Crippen molar-refractivity contribution in [2.75, 3.05) is 32.7 Å². The van der Waals surface area contributed by atoms with Crippen molar-refractivity contribution >= 4 is 6.41 Å². The fraction of sp³-hybridized carbons (Fsp3) is 0.909. The lowest BCUT2D eigenvalue weighted by molar-refractivity contribution is -0.119. The van der Waals surface area contributed by atoms with Crippen LogP contribution in [0.2, 0.25) is 0 Å². The van der Waals surface area contributed by atoms with Gasteiger partial charge in [0.2, 0.25) is 6.41 Å². The van der Waals surface area contributed by atoms with Crippen molar-refractivity contribution in [3.05, 3.63) is 0 Å². The maximum Gasteiger partial charge on any atom is 0.209 e. The lowest BCUT2D eigenvalue weighted by atomic mass is 9.97. The van der Waals surface area contributed by atoms with Gasteiger partial charge in [-0.1, -0.05) is 0 Å². The summed E-state index contributed by atoms with van der Waals surface area (Å²) in [5, 5.41) is 0. The van der Waals surface area contributed by atoms with Gasteiger partial charge in [0.25, 0.3) is 0 Å². The van der Waals surface area contributed by atoms with E-state index in [0.717, 1.165) is 25.4 Å². The summed E-state index contributed by atoms with van der Waals surface area (Å²) in [4.78, 5) is 15.0. The molecular weight excluding hydrogens is 176 g/mol. The van der Waals surface area contributed by atoms with Crippen LogP contribution in [0.15, 0.2) is 0 Å². The minimum atomic E-state index is 0.837. The molecule has 2 saturated heterocycles. The zero-order chi connectivity index (χ0) is 9.80. The topological polar surface area (TPSA) is 23.6 Å². The fourth-order valence-corrected chi connectivity index (χ4v) is 2.57. The van der Waals surface area contributed by atoms with E-state index in [1.807, 2.05) is 4.90 Å². The Morgan fingerprint density at radius 3 is 2.29 bits per heavy atom. The summed E-state index contributed by atoms with van der Waals surface area (Å²) in [6.07, 6.45) is 6.16. The maximum absolute atomic E-state index is 10.5. The molecule has 0 saturated carbocycles.